The Bertz CT molecular complexity index is 599. The maximum atomic E-state index is 12.7. The molecule has 1 atom stereocenters. The summed E-state index contributed by atoms with van der Waals surface area (Å²) in [4.78, 5) is 33.5. The minimum atomic E-state index is -2.80. The van der Waals surface area contributed by atoms with Gasteiger partial charge in [0.1, 0.15) is 23.3 Å². The molecule has 1 unspecified atom stereocenters. The van der Waals surface area contributed by atoms with Crippen LogP contribution in [0.5, 0.6) is 0 Å². The second-order valence-electron chi connectivity index (χ2n) is 5.23. The van der Waals surface area contributed by atoms with E-state index in [4.69, 9.17) is 4.74 Å². The second-order valence-corrected chi connectivity index (χ2v) is 5.23. The molecule has 0 aromatic carbocycles. The number of nitrogens with one attached hydrogen (secondary N) is 1. The summed E-state index contributed by atoms with van der Waals surface area (Å²) in [6.07, 6.45) is -0.845. The molecule has 1 aliphatic rings. The van der Waals surface area contributed by atoms with E-state index in [1.807, 2.05) is 0 Å². The third-order valence-corrected chi connectivity index (χ3v) is 3.90. The van der Waals surface area contributed by atoms with Gasteiger partial charge in [-0.05, 0) is 18.9 Å². The van der Waals surface area contributed by atoms with Gasteiger partial charge in [0, 0.05) is 20.7 Å². The van der Waals surface area contributed by atoms with Gasteiger partial charge in [0.15, 0.2) is 0 Å². The number of halogens is 2. The zero-order valence-corrected chi connectivity index (χ0v) is 12.9. The van der Waals surface area contributed by atoms with E-state index in [0.717, 1.165) is 12.4 Å². The third-order valence-electron chi connectivity index (χ3n) is 3.90. The standard InChI is InChI=1S/C14H18F2N4O3/c1-17-13(22)14(7-23-2)4-3-5-20(14)12(21)10-6-9(11(15)16)18-8-19-10/h6,8,11H,3-5,7H2,1-2H3,(H,17,22). The van der Waals surface area contributed by atoms with Crippen LogP contribution in [0.1, 0.15) is 35.4 Å². The molecule has 1 N–H and O–H groups in total. The van der Waals surface area contributed by atoms with E-state index in [-0.39, 0.29) is 18.2 Å². The lowest BCUT2D eigenvalue weighted by atomic mass is 9.95. The van der Waals surface area contributed by atoms with Gasteiger partial charge in [-0.3, -0.25) is 9.59 Å². The van der Waals surface area contributed by atoms with Crippen molar-refractivity contribution >= 4 is 11.8 Å². The van der Waals surface area contributed by atoms with Crippen molar-refractivity contribution in [1.29, 1.82) is 0 Å². The number of alkyl halides is 2. The SMILES string of the molecule is CNC(=O)C1(COC)CCCN1C(=O)c1cc(C(F)F)ncn1. The molecule has 1 aliphatic heterocycles. The van der Waals surface area contributed by atoms with E-state index in [9.17, 15) is 18.4 Å². The Labute approximate surface area is 132 Å². The highest BCUT2D eigenvalue weighted by molar-refractivity contribution is 5.98. The van der Waals surface area contributed by atoms with Crippen LogP contribution < -0.4 is 5.32 Å². The van der Waals surface area contributed by atoms with Crippen LogP contribution in [0.15, 0.2) is 12.4 Å². The first kappa shape index (κ1) is 17.2. The zero-order valence-electron chi connectivity index (χ0n) is 12.9. The Morgan fingerprint density at radius 3 is 2.83 bits per heavy atom. The zero-order chi connectivity index (χ0) is 17.0. The van der Waals surface area contributed by atoms with Crippen molar-refractivity contribution in [2.45, 2.75) is 24.8 Å². The van der Waals surface area contributed by atoms with Crippen LogP contribution in [-0.4, -0.2) is 59.5 Å². The van der Waals surface area contributed by atoms with Crippen molar-refractivity contribution in [3.05, 3.63) is 23.8 Å². The second kappa shape index (κ2) is 6.95. The summed E-state index contributed by atoms with van der Waals surface area (Å²) in [5.74, 6) is -0.944. The van der Waals surface area contributed by atoms with Crippen LogP contribution in [0.3, 0.4) is 0 Å². The molecule has 0 spiro atoms. The fourth-order valence-corrected chi connectivity index (χ4v) is 2.84. The number of methoxy groups -OCH3 is 1. The van der Waals surface area contributed by atoms with Crippen LogP contribution in [0.2, 0.25) is 0 Å². The number of rotatable bonds is 5. The first-order valence-corrected chi connectivity index (χ1v) is 7.09. The molecule has 23 heavy (non-hydrogen) atoms. The molecular formula is C14H18F2N4O3. The highest BCUT2D eigenvalue weighted by Crippen LogP contribution is 2.31. The summed E-state index contributed by atoms with van der Waals surface area (Å²) < 4.78 is 30.6. The predicted octanol–water partition coefficient (Wildman–Crippen LogP) is 0.781. The first-order chi connectivity index (χ1) is 11.0. The Hall–Kier alpha value is -2.16. The fraction of sp³-hybridized carbons (Fsp3) is 0.571. The lowest BCUT2D eigenvalue weighted by Crippen LogP contribution is -2.59. The summed E-state index contributed by atoms with van der Waals surface area (Å²) in [5.41, 5.74) is -1.85. The van der Waals surface area contributed by atoms with Crippen molar-refractivity contribution < 1.29 is 23.1 Å². The van der Waals surface area contributed by atoms with Gasteiger partial charge in [0.2, 0.25) is 5.91 Å². The molecule has 2 rings (SSSR count). The van der Waals surface area contributed by atoms with Gasteiger partial charge in [-0.2, -0.15) is 0 Å². The summed E-state index contributed by atoms with van der Waals surface area (Å²) in [5, 5.41) is 2.53. The van der Waals surface area contributed by atoms with Crippen molar-refractivity contribution in [2.24, 2.45) is 0 Å². The molecule has 9 heteroatoms. The summed E-state index contributed by atoms with van der Waals surface area (Å²) in [6, 6.07) is 0.951. The third kappa shape index (κ3) is 3.14. The fourth-order valence-electron chi connectivity index (χ4n) is 2.84. The number of likely N-dealkylation sites (N-methyl/N-ethyl adjacent to an activating group) is 1. The molecular weight excluding hydrogens is 310 g/mol. The number of amides is 2. The molecule has 2 heterocycles. The summed E-state index contributed by atoms with van der Waals surface area (Å²) in [7, 11) is 2.91. The Balaban J connectivity index is 2.36. The van der Waals surface area contributed by atoms with Crippen molar-refractivity contribution in [2.75, 3.05) is 27.3 Å². The molecule has 0 radical (unpaired) electrons. The number of carbonyl (C=O) groups is 2. The molecule has 0 bridgehead atoms. The Kier molecular flexibility index (Phi) is 5.19. The van der Waals surface area contributed by atoms with Gasteiger partial charge in [-0.25, -0.2) is 18.7 Å². The van der Waals surface area contributed by atoms with Gasteiger partial charge in [0.25, 0.3) is 12.3 Å². The number of carbonyl (C=O) groups excluding carboxylic acids is 2. The molecule has 1 aromatic heterocycles. The molecule has 7 nitrogen and oxygen atoms in total. The molecule has 1 fully saturated rings. The Morgan fingerprint density at radius 2 is 2.22 bits per heavy atom. The number of ether oxygens (including phenoxy) is 1. The molecule has 126 valence electrons. The highest BCUT2D eigenvalue weighted by Gasteiger charge is 2.49. The van der Waals surface area contributed by atoms with E-state index in [0.29, 0.717) is 19.4 Å². The topological polar surface area (TPSA) is 84.4 Å². The van der Waals surface area contributed by atoms with Crippen LogP contribution in [0.25, 0.3) is 0 Å². The number of aromatic nitrogens is 2. The van der Waals surface area contributed by atoms with Gasteiger partial charge in [0.05, 0.1) is 6.61 Å². The first-order valence-electron chi connectivity index (χ1n) is 7.09. The number of nitrogens with zero attached hydrogens (tertiary/aromatic N) is 3. The summed E-state index contributed by atoms with van der Waals surface area (Å²) >= 11 is 0. The van der Waals surface area contributed by atoms with Crippen LogP contribution in [0.4, 0.5) is 8.78 Å². The minimum absolute atomic E-state index is 0.0190. The number of hydrogen-bond acceptors (Lipinski definition) is 5. The largest absolute Gasteiger partial charge is 0.382 e. The van der Waals surface area contributed by atoms with E-state index in [1.165, 1.54) is 19.1 Å². The van der Waals surface area contributed by atoms with Crippen LogP contribution in [-0.2, 0) is 9.53 Å². The van der Waals surface area contributed by atoms with E-state index in [1.54, 1.807) is 0 Å². The van der Waals surface area contributed by atoms with E-state index >= 15 is 0 Å². The minimum Gasteiger partial charge on any atom is -0.382 e. The smallest absolute Gasteiger partial charge is 0.280 e. The van der Waals surface area contributed by atoms with E-state index < -0.39 is 23.6 Å². The highest BCUT2D eigenvalue weighted by atomic mass is 19.3. The average Bonchev–Trinajstić information content (AvgIpc) is 2.98. The van der Waals surface area contributed by atoms with Crippen LogP contribution >= 0.6 is 0 Å². The lowest BCUT2D eigenvalue weighted by molar-refractivity contribution is -0.133. The normalized spacial score (nSPS) is 20.8. The monoisotopic (exact) mass is 328 g/mol. The lowest BCUT2D eigenvalue weighted by Gasteiger charge is -2.36. The molecule has 1 aromatic rings. The molecule has 0 saturated carbocycles. The Morgan fingerprint density at radius 1 is 1.48 bits per heavy atom. The van der Waals surface area contributed by atoms with Gasteiger partial charge in [-0.1, -0.05) is 0 Å². The van der Waals surface area contributed by atoms with Gasteiger partial charge in [-0.15, -0.1) is 0 Å². The quantitative estimate of drug-likeness (QED) is 0.863. The van der Waals surface area contributed by atoms with Crippen molar-refractivity contribution in [1.82, 2.24) is 20.2 Å². The average molecular weight is 328 g/mol. The summed E-state index contributed by atoms with van der Waals surface area (Å²) in [6.45, 7) is 0.342. The molecule has 1 saturated heterocycles. The van der Waals surface area contributed by atoms with Crippen molar-refractivity contribution in [3.8, 4) is 0 Å². The maximum Gasteiger partial charge on any atom is 0.280 e. The molecule has 2 amide bonds. The van der Waals surface area contributed by atoms with Crippen molar-refractivity contribution in [3.63, 3.8) is 0 Å². The maximum absolute atomic E-state index is 12.7. The predicted molar refractivity (Wildman–Crippen MR) is 75.9 cm³/mol. The van der Waals surface area contributed by atoms with Gasteiger partial charge < -0.3 is 15.0 Å². The van der Waals surface area contributed by atoms with Crippen LogP contribution in [0, 0.1) is 0 Å². The van der Waals surface area contributed by atoms with E-state index in [2.05, 4.69) is 15.3 Å². The number of likely N-dealkylation sites (tertiary alicyclic amines) is 1. The van der Waals surface area contributed by atoms with Gasteiger partial charge >= 0.3 is 0 Å². The number of hydrogen-bond donors (Lipinski definition) is 1. The molecule has 0 aliphatic carbocycles.